The van der Waals surface area contributed by atoms with Crippen molar-refractivity contribution in [2.75, 3.05) is 13.1 Å². The van der Waals surface area contributed by atoms with Gasteiger partial charge in [0, 0.05) is 37.9 Å². The zero-order chi connectivity index (χ0) is 17.7. The first-order chi connectivity index (χ1) is 11.3. The van der Waals surface area contributed by atoms with E-state index < -0.39 is 21.9 Å². The number of carboxylic acids is 1. The van der Waals surface area contributed by atoms with Gasteiger partial charge in [0.05, 0.1) is 5.92 Å². The van der Waals surface area contributed by atoms with Crippen molar-refractivity contribution in [3.05, 3.63) is 24.5 Å². The number of sulfonamides is 1. The molecular formula is C15H21N3O5S. The number of nitrogens with one attached hydrogen (secondary N) is 1. The van der Waals surface area contributed by atoms with Crippen molar-refractivity contribution in [2.45, 2.75) is 37.1 Å². The Labute approximate surface area is 140 Å². The molecule has 1 fully saturated rings. The molecule has 1 amide bonds. The number of pyridine rings is 1. The number of nitrogens with zero attached hydrogens (tertiary/aromatic N) is 2. The highest BCUT2D eigenvalue weighted by Crippen LogP contribution is 2.22. The second-order valence-corrected chi connectivity index (χ2v) is 7.61. The lowest BCUT2D eigenvalue weighted by Gasteiger charge is -2.36. The molecular weight excluding hydrogens is 334 g/mol. The molecule has 1 aliphatic rings. The highest BCUT2D eigenvalue weighted by Gasteiger charge is 2.32. The summed E-state index contributed by atoms with van der Waals surface area (Å²) in [4.78, 5) is 28.7. The molecule has 8 nitrogen and oxygen atoms in total. The first kappa shape index (κ1) is 18.3. The number of aliphatic carboxylic acids is 1. The summed E-state index contributed by atoms with van der Waals surface area (Å²) in [6.45, 7) is 2.00. The van der Waals surface area contributed by atoms with Crippen LogP contribution in [0.15, 0.2) is 29.4 Å². The molecule has 0 radical (unpaired) electrons. The van der Waals surface area contributed by atoms with Crippen LogP contribution in [0.3, 0.4) is 0 Å². The summed E-state index contributed by atoms with van der Waals surface area (Å²) in [5, 5.41) is 9.10. The van der Waals surface area contributed by atoms with E-state index in [9.17, 15) is 18.0 Å². The Morgan fingerprint density at radius 2 is 2.17 bits per heavy atom. The van der Waals surface area contributed by atoms with E-state index in [4.69, 9.17) is 5.11 Å². The summed E-state index contributed by atoms with van der Waals surface area (Å²) in [7, 11) is -3.70. The van der Waals surface area contributed by atoms with Gasteiger partial charge in [-0.05, 0) is 31.9 Å². The summed E-state index contributed by atoms with van der Waals surface area (Å²) in [6.07, 6.45) is 3.86. The first-order valence-electron chi connectivity index (χ1n) is 7.73. The maximum absolute atomic E-state index is 12.3. The summed E-state index contributed by atoms with van der Waals surface area (Å²) < 4.78 is 26.4. The Bertz CT molecular complexity index is 692. The maximum Gasteiger partial charge on any atom is 0.308 e. The molecule has 0 aromatic carbocycles. The van der Waals surface area contributed by atoms with Crippen molar-refractivity contribution < 1.29 is 23.1 Å². The molecule has 1 aromatic rings. The molecule has 2 heterocycles. The molecule has 1 aliphatic heterocycles. The number of rotatable bonds is 6. The number of carbonyl (C=O) groups excluding carboxylic acids is 1. The number of likely N-dealkylation sites (tertiary alicyclic amines) is 1. The average molecular weight is 355 g/mol. The Morgan fingerprint density at radius 3 is 2.79 bits per heavy atom. The number of hydrogen-bond donors (Lipinski definition) is 2. The monoisotopic (exact) mass is 355 g/mol. The fourth-order valence-electron chi connectivity index (χ4n) is 2.68. The third-order valence-corrected chi connectivity index (χ3v) is 5.57. The first-order valence-corrected chi connectivity index (χ1v) is 9.21. The van der Waals surface area contributed by atoms with Crippen molar-refractivity contribution in [3.63, 3.8) is 0 Å². The van der Waals surface area contributed by atoms with Crippen molar-refractivity contribution in [3.8, 4) is 0 Å². The van der Waals surface area contributed by atoms with Gasteiger partial charge < -0.3 is 10.0 Å². The van der Waals surface area contributed by atoms with E-state index in [2.05, 4.69) is 9.71 Å². The fourth-order valence-corrected chi connectivity index (χ4v) is 3.68. The van der Waals surface area contributed by atoms with Gasteiger partial charge in [0.2, 0.25) is 15.9 Å². The van der Waals surface area contributed by atoms with Gasteiger partial charge >= 0.3 is 5.97 Å². The average Bonchev–Trinajstić information content (AvgIpc) is 2.55. The van der Waals surface area contributed by atoms with Crippen molar-refractivity contribution >= 4 is 21.9 Å². The molecule has 9 heteroatoms. The van der Waals surface area contributed by atoms with Gasteiger partial charge in [-0.3, -0.25) is 14.6 Å². The van der Waals surface area contributed by atoms with E-state index in [1.54, 1.807) is 0 Å². The van der Waals surface area contributed by atoms with Crippen molar-refractivity contribution in [1.82, 2.24) is 14.6 Å². The molecule has 132 valence electrons. The zero-order valence-corrected chi connectivity index (χ0v) is 14.2. The topological polar surface area (TPSA) is 117 Å². The van der Waals surface area contributed by atoms with Crippen molar-refractivity contribution in [2.24, 2.45) is 5.92 Å². The number of carboxylic acid groups (broad SMARTS) is 1. The third kappa shape index (κ3) is 4.51. The second-order valence-electron chi connectivity index (χ2n) is 5.84. The van der Waals surface area contributed by atoms with Crippen LogP contribution in [-0.4, -0.2) is 54.4 Å². The van der Waals surface area contributed by atoms with E-state index >= 15 is 0 Å². The van der Waals surface area contributed by atoms with Crippen LogP contribution >= 0.6 is 0 Å². The van der Waals surface area contributed by atoms with E-state index in [0.29, 0.717) is 12.8 Å². The van der Waals surface area contributed by atoms with Gasteiger partial charge in [0.25, 0.3) is 0 Å². The smallest absolute Gasteiger partial charge is 0.308 e. The molecule has 2 unspecified atom stereocenters. The van der Waals surface area contributed by atoms with E-state index in [-0.39, 0.29) is 36.4 Å². The standard InChI is InChI=1S/C15H21N3O5S/c1-11-4-5-12(15(20)21)10-18(11)14(19)6-8-17-24(22,23)13-3-2-7-16-9-13/h2-3,7,9,11-12,17H,4-6,8,10H2,1H3,(H,20,21). The van der Waals surface area contributed by atoms with Crippen LogP contribution in [0.2, 0.25) is 0 Å². The molecule has 2 rings (SSSR count). The molecule has 24 heavy (non-hydrogen) atoms. The minimum atomic E-state index is -3.70. The Kier molecular flexibility index (Phi) is 5.89. The van der Waals surface area contributed by atoms with Crippen LogP contribution < -0.4 is 4.72 Å². The van der Waals surface area contributed by atoms with Crippen LogP contribution in [0.25, 0.3) is 0 Å². The third-order valence-electron chi connectivity index (χ3n) is 4.13. The highest BCUT2D eigenvalue weighted by atomic mass is 32.2. The minimum Gasteiger partial charge on any atom is -0.481 e. The van der Waals surface area contributed by atoms with Gasteiger partial charge in [-0.2, -0.15) is 0 Å². The van der Waals surface area contributed by atoms with E-state index in [0.717, 1.165) is 0 Å². The number of carbonyl (C=O) groups is 2. The number of amides is 1. The van der Waals surface area contributed by atoms with Crippen LogP contribution in [-0.2, 0) is 19.6 Å². The Balaban J connectivity index is 1.89. The van der Waals surface area contributed by atoms with E-state index in [1.807, 2.05) is 6.92 Å². The quantitative estimate of drug-likeness (QED) is 0.766. The van der Waals surface area contributed by atoms with Crippen LogP contribution in [0.1, 0.15) is 26.2 Å². The number of hydrogen-bond acceptors (Lipinski definition) is 5. The lowest BCUT2D eigenvalue weighted by Crippen LogP contribution is -2.48. The molecule has 1 aromatic heterocycles. The van der Waals surface area contributed by atoms with Crippen LogP contribution in [0.4, 0.5) is 0 Å². The van der Waals surface area contributed by atoms with Gasteiger partial charge in [-0.1, -0.05) is 0 Å². The predicted octanol–water partition coefficient (Wildman–Crippen LogP) is 0.462. The Hall–Kier alpha value is -2.00. The zero-order valence-electron chi connectivity index (χ0n) is 13.4. The largest absolute Gasteiger partial charge is 0.481 e. The molecule has 2 N–H and O–H groups in total. The van der Waals surface area contributed by atoms with Gasteiger partial charge in [-0.15, -0.1) is 0 Å². The molecule has 0 spiro atoms. The summed E-state index contributed by atoms with van der Waals surface area (Å²) >= 11 is 0. The highest BCUT2D eigenvalue weighted by molar-refractivity contribution is 7.89. The van der Waals surface area contributed by atoms with Crippen LogP contribution in [0.5, 0.6) is 0 Å². The van der Waals surface area contributed by atoms with E-state index in [1.165, 1.54) is 29.4 Å². The minimum absolute atomic E-state index is 0.0177. The molecule has 1 saturated heterocycles. The number of aromatic nitrogens is 1. The summed E-state index contributed by atoms with van der Waals surface area (Å²) in [5.41, 5.74) is 0. The summed E-state index contributed by atoms with van der Waals surface area (Å²) in [6, 6.07) is 2.89. The maximum atomic E-state index is 12.3. The Morgan fingerprint density at radius 1 is 1.42 bits per heavy atom. The molecule has 0 saturated carbocycles. The fraction of sp³-hybridized carbons (Fsp3) is 0.533. The predicted molar refractivity (Wildman–Crippen MR) is 85.6 cm³/mol. The second kappa shape index (κ2) is 7.71. The van der Waals surface area contributed by atoms with Gasteiger partial charge in [0.15, 0.2) is 0 Å². The SMILES string of the molecule is CC1CCC(C(=O)O)CN1C(=O)CCNS(=O)(=O)c1cccnc1. The van der Waals surface area contributed by atoms with Crippen LogP contribution in [0, 0.1) is 5.92 Å². The lowest BCUT2D eigenvalue weighted by atomic mass is 9.93. The van der Waals surface area contributed by atoms with Gasteiger partial charge in [0.1, 0.15) is 4.90 Å². The number of piperidine rings is 1. The van der Waals surface area contributed by atoms with Crippen molar-refractivity contribution in [1.29, 1.82) is 0 Å². The molecule has 0 aliphatic carbocycles. The lowest BCUT2D eigenvalue weighted by molar-refractivity contribution is -0.147. The molecule has 2 atom stereocenters. The normalized spacial score (nSPS) is 21.5. The molecule has 0 bridgehead atoms. The van der Waals surface area contributed by atoms with Gasteiger partial charge in [-0.25, -0.2) is 13.1 Å². The summed E-state index contributed by atoms with van der Waals surface area (Å²) in [5.74, 6) is -1.71.